The minimum absolute atomic E-state index is 0.326. The number of rotatable bonds is 4. The smallest absolute Gasteiger partial charge is 0.229 e. The Morgan fingerprint density at radius 3 is 2.50 bits per heavy atom. The van der Waals surface area contributed by atoms with Crippen LogP contribution in [0.1, 0.15) is 25.7 Å². The fourth-order valence-electron chi connectivity index (χ4n) is 3.01. The molecule has 1 aromatic carbocycles. The van der Waals surface area contributed by atoms with Crippen molar-refractivity contribution >= 4 is 28.3 Å². The van der Waals surface area contributed by atoms with E-state index in [2.05, 4.69) is 10.3 Å². The minimum atomic E-state index is -1.17. The molecule has 0 saturated heterocycles. The fourth-order valence-corrected chi connectivity index (χ4v) is 3.73. The monoisotopic (exact) mass is 347 g/mol. The highest BCUT2D eigenvalue weighted by molar-refractivity contribution is 7.14. The van der Waals surface area contributed by atoms with E-state index in [-0.39, 0.29) is 11.7 Å². The largest absolute Gasteiger partial charge is 0.550 e. The van der Waals surface area contributed by atoms with E-state index in [0.717, 1.165) is 18.4 Å². The fraction of sp³-hybridized carbons (Fsp3) is 0.353. The first-order valence-corrected chi connectivity index (χ1v) is 8.66. The summed E-state index contributed by atoms with van der Waals surface area (Å²) in [6.07, 6.45) is 2.65. The zero-order valence-electron chi connectivity index (χ0n) is 12.8. The van der Waals surface area contributed by atoms with Gasteiger partial charge in [-0.25, -0.2) is 9.37 Å². The highest BCUT2D eigenvalue weighted by Gasteiger charge is 2.32. The quantitative estimate of drug-likeness (QED) is 0.921. The maximum atomic E-state index is 13.0. The maximum absolute atomic E-state index is 13.0. The van der Waals surface area contributed by atoms with Gasteiger partial charge in [0.05, 0.1) is 5.69 Å². The van der Waals surface area contributed by atoms with Gasteiger partial charge in [-0.05, 0) is 37.1 Å². The summed E-state index contributed by atoms with van der Waals surface area (Å²) in [4.78, 5) is 27.9. The molecule has 1 fully saturated rings. The number of thiazole rings is 1. The van der Waals surface area contributed by atoms with E-state index in [1.54, 1.807) is 17.5 Å². The summed E-state index contributed by atoms with van der Waals surface area (Å²) in [5.41, 5.74) is 1.38. The Bertz CT molecular complexity index is 745. The highest BCUT2D eigenvalue weighted by atomic mass is 32.1. The minimum Gasteiger partial charge on any atom is -0.550 e. The van der Waals surface area contributed by atoms with Gasteiger partial charge in [-0.1, -0.05) is 12.8 Å². The van der Waals surface area contributed by atoms with Crippen LogP contribution in [0.5, 0.6) is 0 Å². The number of carboxylic acid groups (broad SMARTS) is 1. The molecule has 3 rings (SSSR count). The van der Waals surface area contributed by atoms with Gasteiger partial charge in [0.1, 0.15) is 5.82 Å². The van der Waals surface area contributed by atoms with Crippen molar-refractivity contribution in [2.45, 2.75) is 25.7 Å². The lowest BCUT2D eigenvalue weighted by Gasteiger charge is -2.30. The van der Waals surface area contributed by atoms with Crippen molar-refractivity contribution in [1.82, 2.24) is 4.98 Å². The summed E-state index contributed by atoms with van der Waals surface area (Å²) >= 11 is 1.25. The number of amides is 1. The number of hydrogen-bond acceptors (Lipinski definition) is 5. The van der Waals surface area contributed by atoms with Gasteiger partial charge in [-0.15, -0.1) is 11.3 Å². The Morgan fingerprint density at radius 2 is 1.83 bits per heavy atom. The first kappa shape index (κ1) is 16.6. The Morgan fingerprint density at radius 1 is 1.17 bits per heavy atom. The molecule has 1 saturated carbocycles. The summed E-state index contributed by atoms with van der Waals surface area (Å²) < 4.78 is 13.0. The van der Waals surface area contributed by atoms with Crippen LogP contribution in [0, 0.1) is 17.7 Å². The molecule has 1 aliphatic carbocycles. The summed E-state index contributed by atoms with van der Waals surface area (Å²) in [6, 6.07) is 5.92. The number of aliphatic carboxylic acids is 1. The third kappa shape index (κ3) is 3.62. The van der Waals surface area contributed by atoms with Crippen molar-refractivity contribution in [3.8, 4) is 11.3 Å². The molecule has 1 aliphatic rings. The number of carboxylic acids is 1. The van der Waals surface area contributed by atoms with Crippen molar-refractivity contribution in [3.63, 3.8) is 0 Å². The Kier molecular flexibility index (Phi) is 4.89. The summed E-state index contributed by atoms with van der Waals surface area (Å²) in [6.45, 7) is 0. The second-order valence-electron chi connectivity index (χ2n) is 5.85. The van der Waals surface area contributed by atoms with Gasteiger partial charge < -0.3 is 15.2 Å². The van der Waals surface area contributed by atoms with Gasteiger partial charge in [0.2, 0.25) is 5.91 Å². The van der Waals surface area contributed by atoms with Gasteiger partial charge in [0, 0.05) is 28.7 Å². The number of aromatic nitrogens is 1. The van der Waals surface area contributed by atoms with E-state index in [9.17, 15) is 19.1 Å². The topological polar surface area (TPSA) is 82.1 Å². The van der Waals surface area contributed by atoms with E-state index < -0.39 is 17.8 Å². The van der Waals surface area contributed by atoms with Gasteiger partial charge in [0.25, 0.3) is 0 Å². The van der Waals surface area contributed by atoms with Crippen molar-refractivity contribution in [3.05, 3.63) is 35.5 Å². The number of halogens is 1. The number of anilines is 1. The normalized spacial score (nSPS) is 20.5. The zero-order chi connectivity index (χ0) is 17.1. The average molecular weight is 347 g/mol. The average Bonchev–Trinajstić information content (AvgIpc) is 3.04. The van der Waals surface area contributed by atoms with Crippen molar-refractivity contribution in [2.75, 3.05) is 5.32 Å². The third-order valence-electron chi connectivity index (χ3n) is 4.28. The van der Waals surface area contributed by atoms with Crippen molar-refractivity contribution < 1.29 is 19.1 Å². The summed E-state index contributed by atoms with van der Waals surface area (Å²) in [5.74, 6) is -3.14. The number of carbonyl (C=O) groups excluding carboxylic acids is 2. The van der Waals surface area contributed by atoms with Crippen LogP contribution in [0.3, 0.4) is 0 Å². The number of hydrogen-bond donors (Lipinski definition) is 1. The number of nitrogens with zero attached hydrogens (tertiary/aromatic N) is 1. The van der Waals surface area contributed by atoms with Crippen molar-refractivity contribution in [1.29, 1.82) is 0 Å². The van der Waals surface area contributed by atoms with Crippen LogP contribution < -0.4 is 10.4 Å². The van der Waals surface area contributed by atoms with Crippen LogP contribution >= 0.6 is 11.3 Å². The SMILES string of the molecule is O=C([O-])C1CCCCC1C(=O)Nc1nc(-c2ccc(F)cc2)cs1. The van der Waals surface area contributed by atoms with Gasteiger partial charge in [0.15, 0.2) is 5.13 Å². The van der Waals surface area contributed by atoms with Crippen LogP contribution in [-0.2, 0) is 9.59 Å². The van der Waals surface area contributed by atoms with Crippen LogP contribution in [0.2, 0.25) is 0 Å². The molecule has 0 bridgehead atoms. The molecule has 2 atom stereocenters. The molecule has 7 heteroatoms. The standard InChI is InChI=1S/C17H17FN2O3S/c18-11-7-5-10(6-8-11)14-9-24-17(19-14)20-15(21)12-3-1-2-4-13(12)16(22)23/h5-9,12-13H,1-4H2,(H,22,23)(H,19,20,21)/p-1. The summed E-state index contributed by atoms with van der Waals surface area (Å²) in [5, 5.41) is 16.1. The van der Waals surface area contributed by atoms with Gasteiger partial charge in [-0.3, -0.25) is 4.79 Å². The highest BCUT2D eigenvalue weighted by Crippen LogP contribution is 2.32. The zero-order valence-corrected chi connectivity index (χ0v) is 13.6. The lowest BCUT2D eigenvalue weighted by atomic mass is 9.79. The first-order chi connectivity index (χ1) is 11.5. The molecule has 1 N–H and O–H groups in total. The Labute approximate surface area is 142 Å². The molecule has 2 aromatic rings. The molecule has 0 aliphatic heterocycles. The van der Waals surface area contributed by atoms with Gasteiger partial charge in [-0.2, -0.15) is 0 Å². The molecule has 1 heterocycles. The molecular formula is C17H16FN2O3S-. The Balaban J connectivity index is 1.70. The van der Waals surface area contributed by atoms with E-state index in [1.807, 2.05) is 0 Å². The second-order valence-corrected chi connectivity index (χ2v) is 6.71. The lowest BCUT2D eigenvalue weighted by molar-refractivity contribution is -0.313. The van der Waals surface area contributed by atoms with E-state index in [0.29, 0.717) is 23.7 Å². The molecule has 24 heavy (non-hydrogen) atoms. The molecule has 0 radical (unpaired) electrons. The van der Waals surface area contributed by atoms with E-state index in [4.69, 9.17) is 0 Å². The van der Waals surface area contributed by atoms with Crippen LogP contribution in [0.15, 0.2) is 29.6 Å². The molecule has 5 nitrogen and oxygen atoms in total. The Hall–Kier alpha value is -2.28. The number of nitrogens with one attached hydrogen (secondary N) is 1. The van der Waals surface area contributed by atoms with Crippen LogP contribution in [0.25, 0.3) is 11.3 Å². The molecular weight excluding hydrogens is 331 g/mol. The molecule has 2 unspecified atom stereocenters. The molecule has 1 aromatic heterocycles. The van der Waals surface area contributed by atoms with E-state index >= 15 is 0 Å². The van der Waals surface area contributed by atoms with Crippen LogP contribution in [-0.4, -0.2) is 16.9 Å². The predicted molar refractivity (Wildman–Crippen MR) is 86.6 cm³/mol. The lowest BCUT2D eigenvalue weighted by Crippen LogP contribution is -2.42. The second kappa shape index (κ2) is 7.09. The molecule has 0 spiro atoms. The van der Waals surface area contributed by atoms with Crippen molar-refractivity contribution in [2.24, 2.45) is 11.8 Å². The van der Waals surface area contributed by atoms with E-state index in [1.165, 1.54) is 23.5 Å². The third-order valence-corrected chi connectivity index (χ3v) is 5.04. The first-order valence-electron chi connectivity index (χ1n) is 7.78. The summed E-state index contributed by atoms with van der Waals surface area (Å²) in [7, 11) is 0. The van der Waals surface area contributed by atoms with Crippen LogP contribution in [0.4, 0.5) is 9.52 Å². The maximum Gasteiger partial charge on any atom is 0.229 e. The van der Waals surface area contributed by atoms with Gasteiger partial charge >= 0.3 is 0 Å². The predicted octanol–water partition coefficient (Wildman–Crippen LogP) is 2.44. The molecule has 126 valence electrons. The molecule has 1 amide bonds. The number of carbonyl (C=O) groups is 2. The number of benzene rings is 1.